The molecule has 9 heteroatoms. The molecule has 25 heavy (non-hydrogen) atoms. The maximum absolute atomic E-state index is 12.4. The van der Waals surface area contributed by atoms with Crippen LogP contribution < -0.4 is 4.90 Å². The number of nitrogens with zero attached hydrogens (tertiary/aromatic N) is 2. The van der Waals surface area contributed by atoms with Gasteiger partial charge in [-0.2, -0.15) is 4.99 Å². The third-order valence-corrected chi connectivity index (χ3v) is 8.04. The molecule has 0 aromatic heterocycles. The first-order valence-corrected chi connectivity index (χ1v) is 11.2. The number of carbonyl (C=O) groups is 1. The van der Waals surface area contributed by atoms with Crippen molar-refractivity contribution < 1.29 is 17.9 Å². The molecule has 1 amide bonds. The van der Waals surface area contributed by atoms with E-state index in [0.717, 1.165) is 12.1 Å². The van der Waals surface area contributed by atoms with E-state index in [1.165, 1.54) is 11.8 Å². The number of benzene rings is 1. The first-order chi connectivity index (χ1) is 11.9. The number of carbonyl (C=O) groups excluding carboxylic acids is 1. The average Bonchev–Trinajstić information content (AvgIpc) is 3.23. The number of amides is 1. The Kier molecular flexibility index (Phi) is 4.56. The van der Waals surface area contributed by atoms with Gasteiger partial charge in [-0.3, -0.25) is 4.79 Å². The number of hydrogen-bond acceptors (Lipinski definition) is 5. The van der Waals surface area contributed by atoms with Gasteiger partial charge in [0.2, 0.25) is 0 Å². The SMILES string of the molecule is O=C(N=C1S[C@H]2CS(=O)(=O)C[C@@H]2N1c1ccc(Cl)cc1)[C@H]1CCCO1. The number of amidine groups is 1. The summed E-state index contributed by atoms with van der Waals surface area (Å²) < 4.78 is 29.5. The Labute approximate surface area is 155 Å². The first-order valence-electron chi connectivity index (χ1n) is 8.09. The molecule has 4 rings (SSSR count). The Morgan fingerprint density at radius 2 is 2.04 bits per heavy atom. The minimum absolute atomic E-state index is 0.0699. The zero-order chi connectivity index (χ0) is 17.6. The minimum Gasteiger partial charge on any atom is -0.368 e. The minimum atomic E-state index is -3.08. The molecule has 0 aliphatic carbocycles. The van der Waals surface area contributed by atoms with Crippen LogP contribution in [0.3, 0.4) is 0 Å². The number of ether oxygens (including phenoxy) is 1. The van der Waals surface area contributed by atoms with Crippen molar-refractivity contribution in [3.05, 3.63) is 29.3 Å². The lowest BCUT2D eigenvalue weighted by Crippen LogP contribution is -2.38. The number of halogens is 1. The fraction of sp³-hybridized carbons (Fsp3) is 0.500. The second-order valence-electron chi connectivity index (χ2n) is 6.38. The zero-order valence-corrected chi connectivity index (χ0v) is 15.7. The van der Waals surface area contributed by atoms with Gasteiger partial charge in [-0.15, -0.1) is 0 Å². The van der Waals surface area contributed by atoms with Crippen molar-refractivity contribution in [1.82, 2.24) is 0 Å². The van der Waals surface area contributed by atoms with E-state index < -0.39 is 15.9 Å². The fourth-order valence-electron chi connectivity index (χ4n) is 3.41. The Morgan fingerprint density at radius 1 is 1.28 bits per heavy atom. The molecule has 0 spiro atoms. The van der Waals surface area contributed by atoms with Gasteiger partial charge in [-0.25, -0.2) is 8.42 Å². The summed E-state index contributed by atoms with van der Waals surface area (Å²) >= 11 is 7.33. The van der Waals surface area contributed by atoms with Crippen LogP contribution in [0.25, 0.3) is 0 Å². The van der Waals surface area contributed by atoms with Gasteiger partial charge in [0.15, 0.2) is 15.0 Å². The maximum Gasteiger partial charge on any atom is 0.277 e. The van der Waals surface area contributed by atoms with Crippen molar-refractivity contribution in [1.29, 1.82) is 0 Å². The molecule has 0 radical (unpaired) electrons. The van der Waals surface area contributed by atoms with Gasteiger partial charge in [-0.05, 0) is 37.1 Å². The molecular weight excluding hydrogens is 384 g/mol. The highest BCUT2D eigenvalue weighted by Gasteiger charge is 2.49. The summed E-state index contributed by atoms with van der Waals surface area (Å²) in [5.74, 6) is -0.109. The molecule has 3 fully saturated rings. The molecular formula is C16H17ClN2O4S2. The standard InChI is InChI=1S/C16H17ClN2O4S2/c17-10-3-5-11(6-4-10)19-12-8-25(21,22)9-14(12)24-16(19)18-15(20)13-2-1-7-23-13/h3-6,12-14H,1-2,7-9H2/t12-,13+,14-/m0/s1. The predicted molar refractivity (Wildman–Crippen MR) is 99.2 cm³/mol. The molecule has 6 nitrogen and oxygen atoms in total. The maximum atomic E-state index is 12.4. The lowest BCUT2D eigenvalue weighted by Gasteiger charge is -2.24. The van der Waals surface area contributed by atoms with E-state index in [0.29, 0.717) is 23.2 Å². The molecule has 3 atom stereocenters. The van der Waals surface area contributed by atoms with Crippen LogP contribution in [0.1, 0.15) is 12.8 Å². The molecule has 3 aliphatic rings. The van der Waals surface area contributed by atoms with Crippen LogP contribution in [0.15, 0.2) is 29.3 Å². The highest BCUT2D eigenvalue weighted by Crippen LogP contribution is 2.41. The molecule has 0 bridgehead atoms. The zero-order valence-electron chi connectivity index (χ0n) is 13.3. The van der Waals surface area contributed by atoms with Crippen LogP contribution in [0.5, 0.6) is 0 Å². The summed E-state index contributed by atoms with van der Waals surface area (Å²) in [5.41, 5.74) is 0.792. The van der Waals surface area contributed by atoms with Gasteiger partial charge in [-0.1, -0.05) is 23.4 Å². The molecule has 3 saturated heterocycles. The van der Waals surface area contributed by atoms with E-state index in [9.17, 15) is 13.2 Å². The number of anilines is 1. The smallest absolute Gasteiger partial charge is 0.277 e. The first kappa shape index (κ1) is 17.3. The average molecular weight is 401 g/mol. The predicted octanol–water partition coefficient (Wildman–Crippen LogP) is 2.12. The van der Waals surface area contributed by atoms with Gasteiger partial charge in [0, 0.05) is 22.6 Å². The van der Waals surface area contributed by atoms with Crippen molar-refractivity contribution in [3.8, 4) is 0 Å². The number of aliphatic imine (C=N–C) groups is 1. The van der Waals surface area contributed by atoms with Gasteiger partial charge in [0.05, 0.1) is 17.5 Å². The molecule has 0 unspecified atom stereocenters. The van der Waals surface area contributed by atoms with E-state index in [1.807, 2.05) is 17.0 Å². The summed E-state index contributed by atoms with van der Waals surface area (Å²) in [4.78, 5) is 18.5. The van der Waals surface area contributed by atoms with Gasteiger partial charge < -0.3 is 9.64 Å². The molecule has 3 heterocycles. The lowest BCUT2D eigenvalue weighted by molar-refractivity contribution is -0.126. The van der Waals surface area contributed by atoms with Crippen molar-refractivity contribution in [2.24, 2.45) is 4.99 Å². The number of sulfone groups is 1. The highest BCUT2D eigenvalue weighted by molar-refractivity contribution is 8.16. The van der Waals surface area contributed by atoms with E-state index >= 15 is 0 Å². The summed E-state index contributed by atoms with van der Waals surface area (Å²) in [6, 6.07) is 6.92. The van der Waals surface area contributed by atoms with E-state index in [-0.39, 0.29) is 28.7 Å². The van der Waals surface area contributed by atoms with Crippen LogP contribution in [0, 0.1) is 0 Å². The van der Waals surface area contributed by atoms with Crippen molar-refractivity contribution in [2.45, 2.75) is 30.2 Å². The summed E-state index contributed by atoms with van der Waals surface area (Å²) in [6.45, 7) is 0.582. The summed E-state index contributed by atoms with van der Waals surface area (Å²) in [6.07, 6.45) is 1.06. The van der Waals surface area contributed by atoms with E-state index in [1.54, 1.807) is 12.1 Å². The Morgan fingerprint density at radius 3 is 2.72 bits per heavy atom. The Hall–Kier alpha value is -1.09. The summed E-state index contributed by atoms with van der Waals surface area (Å²) in [7, 11) is -3.08. The van der Waals surface area contributed by atoms with Crippen molar-refractivity contribution in [3.63, 3.8) is 0 Å². The van der Waals surface area contributed by atoms with E-state index in [2.05, 4.69) is 4.99 Å². The molecule has 1 aromatic carbocycles. The Bertz CT molecular complexity index is 819. The monoisotopic (exact) mass is 400 g/mol. The molecule has 1 aromatic rings. The largest absolute Gasteiger partial charge is 0.368 e. The van der Waals surface area contributed by atoms with Crippen molar-refractivity contribution in [2.75, 3.05) is 23.0 Å². The Balaban J connectivity index is 1.68. The van der Waals surface area contributed by atoms with Crippen LogP contribution in [-0.4, -0.2) is 55.0 Å². The second kappa shape index (κ2) is 6.57. The molecule has 0 N–H and O–H groups in total. The van der Waals surface area contributed by atoms with Crippen LogP contribution in [-0.2, 0) is 19.4 Å². The van der Waals surface area contributed by atoms with Crippen molar-refractivity contribution >= 4 is 50.0 Å². The van der Waals surface area contributed by atoms with Gasteiger partial charge in [0.1, 0.15) is 6.10 Å². The summed E-state index contributed by atoms with van der Waals surface area (Å²) in [5, 5.41) is 1.03. The van der Waals surface area contributed by atoms with Crippen LogP contribution in [0.2, 0.25) is 5.02 Å². The normalized spacial score (nSPS) is 32.3. The molecule has 0 saturated carbocycles. The number of rotatable bonds is 2. The fourth-order valence-corrected chi connectivity index (χ4v) is 7.45. The number of thioether (sulfide) groups is 1. The number of hydrogen-bond donors (Lipinski definition) is 0. The second-order valence-corrected chi connectivity index (χ2v) is 10.2. The van der Waals surface area contributed by atoms with E-state index in [4.69, 9.17) is 16.3 Å². The molecule has 134 valence electrons. The third-order valence-electron chi connectivity index (χ3n) is 4.58. The third kappa shape index (κ3) is 3.45. The van der Waals surface area contributed by atoms with Gasteiger partial charge >= 0.3 is 0 Å². The quantitative estimate of drug-likeness (QED) is 0.756. The number of fused-ring (bicyclic) bond motifs is 1. The highest BCUT2D eigenvalue weighted by atomic mass is 35.5. The molecule has 3 aliphatic heterocycles. The van der Waals surface area contributed by atoms with Crippen LogP contribution >= 0.6 is 23.4 Å². The van der Waals surface area contributed by atoms with Crippen LogP contribution in [0.4, 0.5) is 5.69 Å². The topological polar surface area (TPSA) is 76.0 Å². The van der Waals surface area contributed by atoms with Gasteiger partial charge in [0.25, 0.3) is 5.91 Å². The lowest BCUT2D eigenvalue weighted by atomic mass is 10.2.